The van der Waals surface area contributed by atoms with Gasteiger partial charge < -0.3 is 15.0 Å². The van der Waals surface area contributed by atoms with Crippen LogP contribution in [0, 0.1) is 6.92 Å². The predicted molar refractivity (Wildman–Crippen MR) is 119 cm³/mol. The molecule has 0 saturated carbocycles. The van der Waals surface area contributed by atoms with Gasteiger partial charge in [0.1, 0.15) is 11.9 Å². The maximum Gasteiger partial charge on any atom is 0.193 e. The summed E-state index contributed by atoms with van der Waals surface area (Å²) in [5, 5.41) is 3.48. The second kappa shape index (κ2) is 10.2. The highest BCUT2D eigenvalue weighted by molar-refractivity contribution is 14.0. The number of aryl methyl sites for hydroxylation is 1. The number of rotatable bonds is 5. The van der Waals surface area contributed by atoms with E-state index in [9.17, 15) is 0 Å². The van der Waals surface area contributed by atoms with E-state index in [0.29, 0.717) is 6.04 Å². The van der Waals surface area contributed by atoms with Gasteiger partial charge in [-0.15, -0.1) is 24.0 Å². The van der Waals surface area contributed by atoms with E-state index in [4.69, 9.17) is 4.74 Å². The molecule has 0 radical (unpaired) electrons. The van der Waals surface area contributed by atoms with E-state index in [0.717, 1.165) is 44.4 Å². The summed E-state index contributed by atoms with van der Waals surface area (Å²) in [4.78, 5) is 9.37. The summed E-state index contributed by atoms with van der Waals surface area (Å²) in [5.41, 5.74) is 1.17. The molecule has 2 unspecified atom stereocenters. The van der Waals surface area contributed by atoms with Crippen molar-refractivity contribution in [3.63, 3.8) is 0 Å². The fraction of sp³-hybridized carbons (Fsp3) is 0.550. The first kappa shape index (κ1) is 21.0. The Morgan fingerprint density at radius 2 is 2.04 bits per heavy atom. The molecule has 0 aromatic heterocycles. The van der Waals surface area contributed by atoms with Gasteiger partial charge >= 0.3 is 0 Å². The molecule has 1 saturated heterocycles. The Morgan fingerprint density at radius 3 is 2.73 bits per heavy atom. The minimum absolute atomic E-state index is 0. The van der Waals surface area contributed by atoms with Crippen LogP contribution in [0.25, 0.3) is 0 Å². The van der Waals surface area contributed by atoms with Gasteiger partial charge in [0.2, 0.25) is 0 Å². The van der Waals surface area contributed by atoms with E-state index in [1.807, 2.05) is 25.2 Å². The SMILES string of the molecule is CN=C(NCC(C)Oc1ccccc1C)N1CCC(N2CC=CC2)C1.I. The summed E-state index contributed by atoms with van der Waals surface area (Å²) in [6.45, 7) is 9.20. The first-order chi connectivity index (χ1) is 12.2. The first-order valence-electron chi connectivity index (χ1n) is 9.24. The number of hydrogen-bond donors (Lipinski definition) is 1. The number of likely N-dealkylation sites (tertiary alicyclic amines) is 1. The van der Waals surface area contributed by atoms with Crippen LogP contribution in [0.2, 0.25) is 0 Å². The molecule has 144 valence electrons. The van der Waals surface area contributed by atoms with Gasteiger partial charge in [0.15, 0.2) is 5.96 Å². The van der Waals surface area contributed by atoms with Gasteiger partial charge in [0.05, 0.1) is 6.54 Å². The van der Waals surface area contributed by atoms with Crippen LogP contribution in [0.3, 0.4) is 0 Å². The molecule has 0 aliphatic carbocycles. The van der Waals surface area contributed by atoms with Crippen LogP contribution < -0.4 is 10.1 Å². The predicted octanol–water partition coefficient (Wildman–Crippen LogP) is 2.90. The van der Waals surface area contributed by atoms with Crippen molar-refractivity contribution in [3.05, 3.63) is 42.0 Å². The minimum Gasteiger partial charge on any atom is -0.489 e. The minimum atomic E-state index is 0. The highest BCUT2D eigenvalue weighted by atomic mass is 127. The van der Waals surface area contributed by atoms with Crippen LogP contribution in [0.4, 0.5) is 0 Å². The highest BCUT2D eigenvalue weighted by Gasteiger charge is 2.29. The third kappa shape index (κ3) is 5.36. The van der Waals surface area contributed by atoms with Crippen molar-refractivity contribution in [2.24, 2.45) is 4.99 Å². The van der Waals surface area contributed by atoms with Gasteiger partial charge in [-0.2, -0.15) is 0 Å². The highest BCUT2D eigenvalue weighted by Crippen LogP contribution is 2.19. The summed E-state index contributed by atoms with van der Waals surface area (Å²) >= 11 is 0. The summed E-state index contributed by atoms with van der Waals surface area (Å²) < 4.78 is 6.05. The monoisotopic (exact) mass is 470 g/mol. The maximum absolute atomic E-state index is 6.05. The average molecular weight is 470 g/mol. The molecular weight excluding hydrogens is 439 g/mol. The van der Waals surface area contributed by atoms with Gasteiger partial charge in [-0.3, -0.25) is 9.89 Å². The number of halogens is 1. The zero-order valence-electron chi connectivity index (χ0n) is 16.0. The van der Waals surface area contributed by atoms with Crippen molar-refractivity contribution >= 4 is 29.9 Å². The zero-order valence-corrected chi connectivity index (χ0v) is 18.3. The normalized spacial score (nSPS) is 21.6. The van der Waals surface area contributed by atoms with E-state index in [2.05, 4.69) is 52.2 Å². The molecule has 26 heavy (non-hydrogen) atoms. The lowest BCUT2D eigenvalue weighted by Crippen LogP contribution is -2.45. The van der Waals surface area contributed by atoms with Gasteiger partial charge in [0, 0.05) is 39.3 Å². The molecule has 0 amide bonds. The van der Waals surface area contributed by atoms with Gasteiger partial charge in [-0.1, -0.05) is 30.4 Å². The Kier molecular flexibility index (Phi) is 8.21. The molecule has 6 heteroatoms. The van der Waals surface area contributed by atoms with E-state index in [-0.39, 0.29) is 30.1 Å². The Bertz CT molecular complexity index is 626. The molecule has 0 spiro atoms. The van der Waals surface area contributed by atoms with Gasteiger partial charge in [-0.25, -0.2) is 0 Å². The summed E-state index contributed by atoms with van der Waals surface area (Å²) in [6, 6.07) is 8.78. The fourth-order valence-electron chi connectivity index (χ4n) is 3.54. The average Bonchev–Trinajstić information content (AvgIpc) is 3.29. The van der Waals surface area contributed by atoms with E-state index in [1.54, 1.807) is 0 Å². The largest absolute Gasteiger partial charge is 0.489 e. The molecule has 1 fully saturated rings. The molecular formula is C20H31IN4O. The lowest BCUT2D eigenvalue weighted by Gasteiger charge is -2.26. The molecule has 2 aliphatic rings. The molecule has 0 bridgehead atoms. The number of hydrogen-bond acceptors (Lipinski definition) is 3. The molecule has 2 atom stereocenters. The van der Waals surface area contributed by atoms with E-state index < -0.39 is 0 Å². The van der Waals surface area contributed by atoms with Crippen LogP contribution >= 0.6 is 24.0 Å². The molecule has 1 aromatic rings. The van der Waals surface area contributed by atoms with Crippen molar-refractivity contribution in [1.82, 2.24) is 15.1 Å². The Morgan fingerprint density at radius 1 is 1.31 bits per heavy atom. The topological polar surface area (TPSA) is 40.1 Å². The molecule has 2 aliphatic heterocycles. The third-order valence-corrected chi connectivity index (χ3v) is 5.01. The van der Waals surface area contributed by atoms with Crippen molar-refractivity contribution < 1.29 is 4.74 Å². The first-order valence-corrected chi connectivity index (χ1v) is 9.24. The summed E-state index contributed by atoms with van der Waals surface area (Å²) in [6.07, 6.45) is 5.82. The Balaban J connectivity index is 0.00000243. The van der Waals surface area contributed by atoms with Gasteiger partial charge in [-0.05, 0) is 31.9 Å². The van der Waals surface area contributed by atoms with Crippen molar-refractivity contribution in [3.8, 4) is 5.75 Å². The zero-order chi connectivity index (χ0) is 17.6. The third-order valence-electron chi connectivity index (χ3n) is 5.01. The standard InChI is InChI=1S/C20H30N4O.HI/c1-16-8-4-5-9-19(16)25-17(2)14-22-20(21-3)24-13-10-18(15-24)23-11-6-7-12-23;/h4-9,17-18H,10-15H2,1-3H3,(H,21,22);1H. The second-order valence-electron chi connectivity index (χ2n) is 6.94. The van der Waals surface area contributed by atoms with Crippen molar-refractivity contribution in [2.75, 3.05) is 39.8 Å². The molecule has 1 aromatic carbocycles. The smallest absolute Gasteiger partial charge is 0.193 e. The van der Waals surface area contributed by atoms with Gasteiger partial charge in [0.25, 0.3) is 0 Å². The summed E-state index contributed by atoms with van der Waals surface area (Å²) in [5.74, 6) is 1.93. The molecule has 3 rings (SSSR count). The molecule has 2 heterocycles. The Hall–Kier alpha value is -1.28. The number of ether oxygens (including phenoxy) is 1. The molecule has 5 nitrogen and oxygen atoms in total. The van der Waals surface area contributed by atoms with Crippen LogP contribution in [0.15, 0.2) is 41.4 Å². The summed E-state index contributed by atoms with van der Waals surface area (Å²) in [7, 11) is 1.86. The van der Waals surface area contributed by atoms with Crippen LogP contribution in [-0.4, -0.2) is 67.7 Å². The van der Waals surface area contributed by atoms with Crippen LogP contribution in [0.5, 0.6) is 5.75 Å². The van der Waals surface area contributed by atoms with E-state index in [1.165, 1.54) is 12.0 Å². The van der Waals surface area contributed by atoms with Crippen molar-refractivity contribution in [1.29, 1.82) is 0 Å². The number of guanidine groups is 1. The lowest BCUT2D eigenvalue weighted by atomic mass is 10.2. The van der Waals surface area contributed by atoms with E-state index >= 15 is 0 Å². The lowest BCUT2D eigenvalue weighted by molar-refractivity contribution is 0.220. The molecule has 1 N–H and O–H groups in total. The van der Waals surface area contributed by atoms with Crippen LogP contribution in [-0.2, 0) is 0 Å². The fourth-order valence-corrected chi connectivity index (χ4v) is 3.54. The number of aliphatic imine (C=N–C) groups is 1. The number of nitrogens with one attached hydrogen (secondary N) is 1. The number of para-hydroxylation sites is 1. The Labute approximate surface area is 174 Å². The van der Waals surface area contributed by atoms with Crippen molar-refractivity contribution in [2.45, 2.75) is 32.4 Å². The second-order valence-corrected chi connectivity index (χ2v) is 6.94. The quantitative estimate of drug-likeness (QED) is 0.311. The number of benzene rings is 1. The van der Waals surface area contributed by atoms with Crippen LogP contribution in [0.1, 0.15) is 18.9 Å². The number of nitrogens with zero attached hydrogens (tertiary/aromatic N) is 3. The maximum atomic E-state index is 6.05.